The van der Waals surface area contributed by atoms with E-state index in [9.17, 15) is 9.59 Å². The van der Waals surface area contributed by atoms with Gasteiger partial charge in [0.05, 0.1) is 19.2 Å². The summed E-state index contributed by atoms with van der Waals surface area (Å²) in [6.45, 7) is 2.07. The lowest BCUT2D eigenvalue weighted by Crippen LogP contribution is -2.21. The number of rotatable bonds is 5. The van der Waals surface area contributed by atoms with Gasteiger partial charge in [0.25, 0.3) is 0 Å². The quantitative estimate of drug-likeness (QED) is 0.833. The van der Waals surface area contributed by atoms with Crippen LogP contribution in [0, 0.1) is 6.92 Å². The Hall–Kier alpha value is -2.82. The fourth-order valence-electron chi connectivity index (χ4n) is 1.98. The molecule has 0 saturated heterocycles. The second-order valence-corrected chi connectivity index (χ2v) is 4.84. The van der Waals surface area contributed by atoms with Crippen LogP contribution in [0.2, 0.25) is 0 Å². The van der Waals surface area contributed by atoms with Crippen LogP contribution < -0.4 is 10.6 Å². The van der Waals surface area contributed by atoms with Crippen molar-refractivity contribution in [3.8, 4) is 0 Å². The van der Waals surface area contributed by atoms with Crippen LogP contribution in [0.4, 0.5) is 11.4 Å². The largest absolute Gasteiger partial charge is 0.465 e. The summed E-state index contributed by atoms with van der Waals surface area (Å²) in [6, 6.07) is 14.4. The summed E-state index contributed by atoms with van der Waals surface area (Å²) in [5.74, 6) is -0.568. The summed E-state index contributed by atoms with van der Waals surface area (Å²) in [7, 11) is 1.33. The number of hydrogen-bond acceptors (Lipinski definition) is 4. The molecule has 2 aromatic rings. The SMILES string of the molecule is COC(=O)c1cccc(NCC(=O)Nc2cccc(C)c2)c1. The van der Waals surface area contributed by atoms with Crippen molar-refractivity contribution in [3.63, 3.8) is 0 Å². The van der Waals surface area contributed by atoms with Crippen LogP contribution in [0.25, 0.3) is 0 Å². The first kappa shape index (κ1) is 15.6. The van der Waals surface area contributed by atoms with Crippen LogP contribution in [0.3, 0.4) is 0 Å². The molecular formula is C17H18N2O3. The zero-order chi connectivity index (χ0) is 15.9. The molecule has 2 rings (SSSR count). The van der Waals surface area contributed by atoms with E-state index in [0.717, 1.165) is 11.3 Å². The molecule has 0 radical (unpaired) electrons. The van der Waals surface area contributed by atoms with Crippen molar-refractivity contribution in [2.24, 2.45) is 0 Å². The molecule has 0 spiro atoms. The average Bonchev–Trinajstić information content (AvgIpc) is 2.52. The summed E-state index contributed by atoms with van der Waals surface area (Å²) in [5, 5.41) is 5.79. The number of esters is 1. The van der Waals surface area contributed by atoms with Gasteiger partial charge in [-0.3, -0.25) is 4.79 Å². The lowest BCUT2D eigenvalue weighted by molar-refractivity contribution is -0.114. The number of ether oxygens (including phenoxy) is 1. The van der Waals surface area contributed by atoms with Crippen LogP contribution in [0.15, 0.2) is 48.5 Å². The Morgan fingerprint density at radius 2 is 1.77 bits per heavy atom. The van der Waals surface area contributed by atoms with Crippen molar-refractivity contribution in [1.82, 2.24) is 0 Å². The molecule has 0 fully saturated rings. The molecule has 2 aromatic carbocycles. The zero-order valence-corrected chi connectivity index (χ0v) is 12.6. The van der Waals surface area contributed by atoms with E-state index in [0.29, 0.717) is 11.3 Å². The molecule has 0 aliphatic carbocycles. The van der Waals surface area contributed by atoms with E-state index in [2.05, 4.69) is 15.4 Å². The molecule has 0 bridgehead atoms. The van der Waals surface area contributed by atoms with Gasteiger partial charge in [-0.1, -0.05) is 18.2 Å². The minimum Gasteiger partial charge on any atom is -0.465 e. The predicted molar refractivity (Wildman–Crippen MR) is 86.1 cm³/mol. The predicted octanol–water partition coefficient (Wildman–Crippen LogP) is 2.83. The van der Waals surface area contributed by atoms with Gasteiger partial charge in [0.2, 0.25) is 5.91 Å². The Kier molecular flexibility index (Phi) is 5.14. The van der Waals surface area contributed by atoms with Crippen molar-refractivity contribution < 1.29 is 14.3 Å². The molecule has 0 aliphatic rings. The number of anilines is 2. The molecule has 0 heterocycles. The summed E-state index contributed by atoms with van der Waals surface area (Å²) in [4.78, 5) is 23.4. The average molecular weight is 298 g/mol. The first-order chi connectivity index (χ1) is 10.6. The number of carbonyl (C=O) groups excluding carboxylic acids is 2. The maximum Gasteiger partial charge on any atom is 0.337 e. The number of nitrogens with one attached hydrogen (secondary N) is 2. The van der Waals surface area contributed by atoms with Gasteiger partial charge < -0.3 is 15.4 Å². The van der Waals surface area contributed by atoms with E-state index in [4.69, 9.17) is 0 Å². The third-order valence-corrected chi connectivity index (χ3v) is 3.04. The Bertz CT molecular complexity index is 683. The van der Waals surface area contributed by atoms with Gasteiger partial charge in [0.1, 0.15) is 0 Å². The minimum absolute atomic E-state index is 0.110. The fraction of sp³-hybridized carbons (Fsp3) is 0.176. The number of benzene rings is 2. The molecular weight excluding hydrogens is 280 g/mol. The van der Waals surface area contributed by atoms with Gasteiger partial charge >= 0.3 is 5.97 Å². The maximum absolute atomic E-state index is 11.9. The second kappa shape index (κ2) is 7.26. The second-order valence-electron chi connectivity index (χ2n) is 4.84. The van der Waals surface area contributed by atoms with E-state index in [1.165, 1.54) is 7.11 Å². The third-order valence-electron chi connectivity index (χ3n) is 3.04. The molecule has 5 heteroatoms. The molecule has 114 valence electrons. The van der Waals surface area contributed by atoms with Crippen LogP contribution in [-0.4, -0.2) is 25.5 Å². The summed E-state index contributed by atoms with van der Waals surface area (Å²) in [6.07, 6.45) is 0. The van der Waals surface area contributed by atoms with Crippen LogP contribution in [-0.2, 0) is 9.53 Å². The number of hydrogen-bond donors (Lipinski definition) is 2. The number of carbonyl (C=O) groups is 2. The molecule has 0 saturated carbocycles. The highest BCUT2D eigenvalue weighted by Gasteiger charge is 2.07. The van der Waals surface area contributed by atoms with E-state index in [1.54, 1.807) is 24.3 Å². The molecule has 2 N–H and O–H groups in total. The van der Waals surface area contributed by atoms with E-state index in [1.807, 2.05) is 31.2 Å². The van der Waals surface area contributed by atoms with Gasteiger partial charge in [0.15, 0.2) is 0 Å². The maximum atomic E-state index is 11.9. The number of methoxy groups -OCH3 is 1. The van der Waals surface area contributed by atoms with Gasteiger partial charge in [-0.2, -0.15) is 0 Å². The van der Waals surface area contributed by atoms with Crippen LogP contribution in [0.5, 0.6) is 0 Å². The highest BCUT2D eigenvalue weighted by Crippen LogP contribution is 2.12. The summed E-state index contributed by atoms with van der Waals surface area (Å²) >= 11 is 0. The van der Waals surface area contributed by atoms with Crippen molar-refractivity contribution in [3.05, 3.63) is 59.7 Å². The van der Waals surface area contributed by atoms with Crippen molar-refractivity contribution in [1.29, 1.82) is 0 Å². The molecule has 5 nitrogen and oxygen atoms in total. The number of amides is 1. The third kappa shape index (κ3) is 4.34. The first-order valence-corrected chi connectivity index (χ1v) is 6.87. The molecule has 1 amide bonds. The van der Waals surface area contributed by atoms with Gasteiger partial charge in [-0.05, 0) is 42.8 Å². The molecule has 0 unspecified atom stereocenters. The van der Waals surface area contributed by atoms with Gasteiger partial charge in [0, 0.05) is 11.4 Å². The van der Waals surface area contributed by atoms with Crippen molar-refractivity contribution in [2.45, 2.75) is 6.92 Å². The Morgan fingerprint density at radius 1 is 1.05 bits per heavy atom. The Morgan fingerprint density at radius 3 is 2.50 bits per heavy atom. The van der Waals surface area contributed by atoms with Crippen LogP contribution >= 0.6 is 0 Å². The normalized spacial score (nSPS) is 9.91. The fourth-order valence-corrected chi connectivity index (χ4v) is 1.98. The van der Waals surface area contributed by atoms with Crippen molar-refractivity contribution >= 4 is 23.3 Å². The highest BCUT2D eigenvalue weighted by atomic mass is 16.5. The lowest BCUT2D eigenvalue weighted by atomic mass is 10.2. The minimum atomic E-state index is -0.409. The molecule has 0 atom stereocenters. The lowest BCUT2D eigenvalue weighted by Gasteiger charge is -2.09. The van der Waals surface area contributed by atoms with E-state index in [-0.39, 0.29) is 12.5 Å². The highest BCUT2D eigenvalue weighted by molar-refractivity contribution is 5.94. The smallest absolute Gasteiger partial charge is 0.337 e. The van der Waals surface area contributed by atoms with Crippen molar-refractivity contribution in [2.75, 3.05) is 24.3 Å². The molecule has 22 heavy (non-hydrogen) atoms. The topological polar surface area (TPSA) is 67.4 Å². The summed E-state index contributed by atoms with van der Waals surface area (Å²) in [5.41, 5.74) is 2.96. The standard InChI is InChI=1S/C17H18N2O3/c1-12-5-3-8-15(9-12)19-16(20)11-18-14-7-4-6-13(10-14)17(21)22-2/h3-10,18H,11H2,1-2H3,(H,19,20). The first-order valence-electron chi connectivity index (χ1n) is 6.87. The van der Waals surface area contributed by atoms with Gasteiger partial charge in [-0.25, -0.2) is 4.79 Å². The molecule has 0 aliphatic heterocycles. The Labute approximate surface area is 129 Å². The van der Waals surface area contributed by atoms with E-state index >= 15 is 0 Å². The number of aryl methyl sites for hydroxylation is 1. The Balaban J connectivity index is 1.92. The van der Waals surface area contributed by atoms with Gasteiger partial charge in [-0.15, -0.1) is 0 Å². The molecule has 0 aromatic heterocycles. The monoisotopic (exact) mass is 298 g/mol. The summed E-state index contributed by atoms with van der Waals surface area (Å²) < 4.78 is 4.66. The zero-order valence-electron chi connectivity index (χ0n) is 12.6. The van der Waals surface area contributed by atoms with E-state index < -0.39 is 5.97 Å². The van der Waals surface area contributed by atoms with Crippen LogP contribution in [0.1, 0.15) is 15.9 Å².